The van der Waals surface area contributed by atoms with Crippen molar-refractivity contribution in [3.05, 3.63) is 95.1 Å². The summed E-state index contributed by atoms with van der Waals surface area (Å²) in [4.78, 5) is 31.6. The highest BCUT2D eigenvalue weighted by Crippen LogP contribution is 2.29. The highest BCUT2D eigenvalue weighted by molar-refractivity contribution is 5.96. The molecule has 2 fully saturated rings. The minimum atomic E-state index is -1.18. The van der Waals surface area contributed by atoms with Crippen molar-refractivity contribution < 1.29 is 32.2 Å². The maximum absolute atomic E-state index is 15.0. The second kappa shape index (κ2) is 15.5. The second-order valence-electron chi connectivity index (χ2n) is 11.8. The van der Waals surface area contributed by atoms with Gasteiger partial charge in [-0.3, -0.25) is 9.78 Å². The summed E-state index contributed by atoms with van der Waals surface area (Å²) in [7, 11) is 2.01. The van der Waals surface area contributed by atoms with Crippen molar-refractivity contribution in [1.82, 2.24) is 20.5 Å². The molecule has 13 heteroatoms. The predicted octanol–water partition coefficient (Wildman–Crippen LogP) is 3.32. The lowest BCUT2D eigenvalue weighted by atomic mass is 9.85. The Morgan fingerprint density at radius 2 is 1.76 bits per heavy atom. The Morgan fingerprint density at radius 3 is 2.35 bits per heavy atom. The summed E-state index contributed by atoms with van der Waals surface area (Å²) in [5.41, 5.74) is 7.99. The summed E-state index contributed by atoms with van der Waals surface area (Å²) in [5.74, 6) is -2.85. The van der Waals surface area contributed by atoms with Gasteiger partial charge in [-0.2, -0.15) is 0 Å². The van der Waals surface area contributed by atoms with Crippen LogP contribution < -0.4 is 21.7 Å². The number of anilines is 1. The third-order valence-corrected chi connectivity index (χ3v) is 8.40. The molecule has 5 N–H and O–H groups in total. The van der Waals surface area contributed by atoms with Gasteiger partial charge in [-0.15, -0.1) is 0 Å². The summed E-state index contributed by atoms with van der Waals surface area (Å²) in [6, 6.07) is 9.85. The topological polar surface area (TPSA) is 131 Å². The molecule has 10 nitrogen and oxygen atoms in total. The van der Waals surface area contributed by atoms with E-state index in [1.54, 1.807) is 0 Å². The minimum absolute atomic E-state index is 0.0856. The van der Waals surface area contributed by atoms with Crippen LogP contribution in [0.15, 0.2) is 60.9 Å². The molecule has 0 saturated carbocycles. The predicted molar refractivity (Wildman–Crippen MR) is 166 cm³/mol. The first-order chi connectivity index (χ1) is 22.2. The van der Waals surface area contributed by atoms with E-state index in [-0.39, 0.29) is 42.5 Å². The van der Waals surface area contributed by atoms with Crippen LogP contribution in [0.25, 0.3) is 0 Å². The monoisotopic (exact) mass is 640 g/mol. The van der Waals surface area contributed by atoms with Crippen molar-refractivity contribution in [2.24, 2.45) is 5.73 Å². The van der Waals surface area contributed by atoms with Crippen molar-refractivity contribution in [3.63, 3.8) is 0 Å². The van der Waals surface area contributed by atoms with Gasteiger partial charge in [0.15, 0.2) is 0 Å². The van der Waals surface area contributed by atoms with Gasteiger partial charge >= 0.3 is 6.09 Å². The number of ether oxygens (including phenoxy) is 2. The van der Waals surface area contributed by atoms with E-state index in [0.29, 0.717) is 30.7 Å². The molecular weight excluding hydrogens is 601 g/mol. The van der Waals surface area contributed by atoms with E-state index < -0.39 is 41.4 Å². The number of pyridine rings is 1. The number of carbonyl (C=O) groups excluding carboxylic acids is 2. The van der Waals surface area contributed by atoms with Gasteiger partial charge in [-0.25, -0.2) is 18.0 Å². The molecular formula is C33H39F3N6O4. The maximum atomic E-state index is 15.0. The first-order valence-electron chi connectivity index (χ1n) is 15.3. The molecule has 2 saturated heterocycles. The molecule has 1 unspecified atom stereocenters. The van der Waals surface area contributed by atoms with Crippen LogP contribution in [-0.4, -0.2) is 86.0 Å². The summed E-state index contributed by atoms with van der Waals surface area (Å²) >= 11 is 0. The third kappa shape index (κ3) is 8.81. The maximum Gasteiger partial charge on any atom is 0.407 e. The Hall–Kier alpha value is -4.04. The quantitative estimate of drug-likeness (QED) is 0.251. The fourth-order valence-corrected chi connectivity index (χ4v) is 5.84. The Balaban J connectivity index is 1.16. The van der Waals surface area contributed by atoms with Gasteiger partial charge in [0.05, 0.1) is 42.9 Å². The van der Waals surface area contributed by atoms with E-state index >= 15 is 0 Å². The molecule has 0 radical (unpaired) electrons. The molecule has 0 aliphatic carbocycles. The lowest BCUT2D eigenvalue weighted by Crippen LogP contribution is -2.49. The molecule has 1 aromatic heterocycles. The van der Waals surface area contributed by atoms with Crippen LogP contribution in [0.1, 0.15) is 35.4 Å². The number of halogens is 3. The minimum Gasteiger partial charge on any atom is -0.448 e. The Kier molecular flexibility index (Phi) is 11.2. The van der Waals surface area contributed by atoms with Crippen LogP contribution in [0, 0.1) is 17.5 Å². The number of rotatable bonds is 11. The van der Waals surface area contributed by atoms with Crippen molar-refractivity contribution in [2.45, 2.75) is 49.4 Å². The van der Waals surface area contributed by atoms with E-state index in [1.165, 1.54) is 54.7 Å². The van der Waals surface area contributed by atoms with E-state index in [9.17, 15) is 22.8 Å². The molecule has 0 spiro atoms. The van der Waals surface area contributed by atoms with Crippen molar-refractivity contribution in [3.8, 4) is 0 Å². The number of amides is 2. The number of likely N-dealkylation sites (tertiary alicyclic amines) is 1. The zero-order valence-corrected chi connectivity index (χ0v) is 25.6. The van der Waals surface area contributed by atoms with Crippen LogP contribution in [0.2, 0.25) is 0 Å². The largest absolute Gasteiger partial charge is 0.448 e. The number of hydrogen-bond donors (Lipinski definition) is 4. The molecule has 246 valence electrons. The molecule has 0 bridgehead atoms. The summed E-state index contributed by atoms with van der Waals surface area (Å²) < 4.78 is 53.6. The molecule has 2 aliphatic heterocycles. The molecule has 4 atom stereocenters. The van der Waals surface area contributed by atoms with Gasteiger partial charge in [0.2, 0.25) is 5.91 Å². The van der Waals surface area contributed by atoms with E-state index in [2.05, 4.69) is 25.8 Å². The number of likely N-dealkylation sites (N-methyl/N-ethyl adjacent to an activating group) is 1. The molecule has 2 aromatic carbocycles. The number of nitrogens with zero attached hydrogens (tertiary/aromatic N) is 2. The number of hydrogen-bond acceptors (Lipinski definition) is 8. The first-order valence-corrected chi connectivity index (χ1v) is 15.3. The lowest BCUT2D eigenvalue weighted by molar-refractivity contribution is -0.117. The summed E-state index contributed by atoms with van der Waals surface area (Å²) in [6.45, 7) is 2.68. The average molecular weight is 641 g/mol. The Bertz CT molecular complexity index is 1430. The van der Waals surface area contributed by atoms with Crippen LogP contribution in [0.4, 0.5) is 23.7 Å². The van der Waals surface area contributed by atoms with Gasteiger partial charge in [0.1, 0.15) is 24.1 Å². The lowest BCUT2D eigenvalue weighted by Gasteiger charge is -2.30. The highest BCUT2D eigenvalue weighted by atomic mass is 19.1. The summed E-state index contributed by atoms with van der Waals surface area (Å²) in [6.07, 6.45) is 3.32. The first kappa shape index (κ1) is 33.3. The van der Waals surface area contributed by atoms with Crippen LogP contribution >= 0.6 is 0 Å². The third-order valence-electron chi connectivity index (χ3n) is 8.40. The number of morpholine rings is 1. The van der Waals surface area contributed by atoms with Gasteiger partial charge in [0.25, 0.3) is 0 Å². The number of alkyl carbamates (subject to hydrolysis) is 1. The Morgan fingerprint density at radius 1 is 1.09 bits per heavy atom. The second-order valence-corrected chi connectivity index (χ2v) is 11.8. The zero-order chi connectivity index (χ0) is 32.6. The van der Waals surface area contributed by atoms with Crippen LogP contribution in [0.3, 0.4) is 0 Å². The molecule has 2 aliphatic rings. The van der Waals surface area contributed by atoms with Gasteiger partial charge in [-0.1, -0.05) is 24.3 Å². The highest BCUT2D eigenvalue weighted by Gasteiger charge is 2.30. The van der Waals surface area contributed by atoms with Crippen molar-refractivity contribution in [1.29, 1.82) is 0 Å². The number of nitrogens with one attached hydrogen (secondary N) is 3. The van der Waals surface area contributed by atoms with Crippen LogP contribution in [-0.2, 0) is 20.7 Å². The van der Waals surface area contributed by atoms with Crippen molar-refractivity contribution in [2.75, 3.05) is 45.2 Å². The fourth-order valence-electron chi connectivity index (χ4n) is 5.84. The number of carbonyl (C=O) groups is 2. The SMILES string of the molecule is CN1CCC(NC(=O)OC[C@@H]2CO[C@H](CCc3c(F)cncc3NC(=O)[C@@H](N)C(c3ccc(F)cc3)c3ccc(F)cc3)CN2)C1. The molecule has 5 rings (SSSR count). The van der Waals surface area contributed by atoms with E-state index in [4.69, 9.17) is 15.2 Å². The van der Waals surface area contributed by atoms with E-state index in [1.807, 2.05) is 7.05 Å². The van der Waals surface area contributed by atoms with E-state index in [0.717, 1.165) is 25.7 Å². The van der Waals surface area contributed by atoms with Gasteiger partial charge in [0, 0.05) is 30.6 Å². The fraction of sp³-hybridized carbons (Fsp3) is 0.424. The molecule has 3 aromatic rings. The zero-order valence-electron chi connectivity index (χ0n) is 25.6. The normalized spacial score (nSPS) is 20.8. The van der Waals surface area contributed by atoms with Gasteiger partial charge in [-0.05, 0) is 68.2 Å². The van der Waals surface area contributed by atoms with Crippen LogP contribution in [0.5, 0.6) is 0 Å². The molecule has 3 heterocycles. The Labute approximate surface area is 265 Å². The van der Waals surface area contributed by atoms with Gasteiger partial charge < -0.3 is 36.1 Å². The number of aromatic nitrogens is 1. The number of nitrogens with two attached hydrogens (primary N) is 1. The average Bonchev–Trinajstić information content (AvgIpc) is 3.46. The smallest absolute Gasteiger partial charge is 0.407 e. The van der Waals surface area contributed by atoms with Crippen molar-refractivity contribution >= 4 is 17.7 Å². The standard InChI is InChI=1S/C33H39F3N6O4/c1-42-13-12-24(17-42)40-33(44)46-19-25-18-45-26(14-39-25)10-11-27-28(36)15-38-16-29(27)41-32(43)31(37)30(20-2-6-22(34)7-3-20)21-4-8-23(35)9-5-21/h2-9,15-16,24-26,30-31,39H,10-14,17-19,37H2,1H3,(H,40,44)(H,41,43)/t24?,25-,26+,31-/m0/s1. The number of benzene rings is 2. The molecule has 2 amide bonds. The molecule has 46 heavy (non-hydrogen) atoms. The summed E-state index contributed by atoms with van der Waals surface area (Å²) in [5, 5.41) is 8.90.